The number of halogens is 1. The van der Waals surface area contributed by atoms with Gasteiger partial charge >= 0.3 is 0 Å². The fourth-order valence-corrected chi connectivity index (χ4v) is 2.03. The van der Waals surface area contributed by atoms with Crippen molar-refractivity contribution in [2.24, 2.45) is 12.8 Å². The highest BCUT2D eigenvalue weighted by Crippen LogP contribution is 2.22. The molecule has 92 valence electrons. The van der Waals surface area contributed by atoms with E-state index in [4.69, 9.17) is 22.1 Å². The molecule has 4 nitrogen and oxygen atoms in total. The minimum atomic E-state index is 0.0672. The molecule has 0 radical (unpaired) electrons. The molecule has 2 N–H and O–H groups in total. The molecule has 1 aromatic heterocycles. The molecule has 16 heavy (non-hydrogen) atoms. The largest absolute Gasteiger partial charge is 0.385 e. The molecule has 1 unspecified atom stereocenters. The molecule has 0 saturated carbocycles. The molecule has 1 atom stereocenters. The maximum atomic E-state index is 6.24. The number of hydrogen-bond donors (Lipinski definition) is 1. The van der Waals surface area contributed by atoms with Crippen molar-refractivity contribution in [1.82, 2.24) is 9.78 Å². The van der Waals surface area contributed by atoms with E-state index >= 15 is 0 Å². The number of aryl methyl sites for hydroxylation is 2. The lowest BCUT2D eigenvalue weighted by atomic mass is 10.1. The van der Waals surface area contributed by atoms with Crippen LogP contribution in [0.1, 0.15) is 24.7 Å². The van der Waals surface area contributed by atoms with Crippen molar-refractivity contribution in [2.45, 2.75) is 32.2 Å². The van der Waals surface area contributed by atoms with Crippen LogP contribution in [0, 0.1) is 0 Å². The molecule has 0 aliphatic carbocycles. The topological polar surface area (TPSA) is 53.1 Å². The van der Waals surface area contributed by atoms with E-state index in [1.165, 1.54) is 0 Å². The highest BCUT2D eigenvalue weighted by molar-refractivity contribution is 6.31. The summed E-state index contributed by atoms with van der Waals surface area (Å²) in [5.74, 6) is 0. The lowest BCUT2D eigenvalue weighted by molar-refractivity contribution is 0.187. The van der Waals surface area contributed by atoms with Gasteiger partial charge in [0.25, 0.3) is 0 Å². The van der Waals surface area contributed by atoms with Crippen LogP contribution in [0.4, 0.5) is 0 Å². The fraction of sp³-hybridized carbons (Fsp3) is 0.727. The molecule has 0 bridgehead atoms. The average molecular weight is 246 g/mol. The zero-order chi connectivity index (χ0) is 12.1. The Balaban J connectivity index is 2.69. The standard InChI is InChI=1S/C11H20ClN3O/c1-4-9-11(12)10(15(2)14-9)7-8(13)5-6-16-3/h8H,4-7,13H2,1-3H3. The minimum Gasteiger partial charge on any atom is -0.385 e. The summed E-state index contributed by atoms with van der Waals surface area (Å²) in [6.45, 7) is 2.72. The normalized spacial score (nSPS) is 13.1. The predicted octanol–water partition coefficient (Wildman–Crippen LogP) is 1.54. The van der Waals surface area contributed by atoms with Crippen molar-refractivity contribution in [3.8, 4) is 0 Å². The molecule has 0 spiro atoms. The maximum absolute atomic E-state index is 6.24. The lowest BCUT2D eigenvalue weighted by Crippen LogP contribution is -2.25. The summed E-state index contributed by atoms with van der Waals surface area (Å²) in [5, 5.41) is 5.12. The van der Waals surface area contributed by atoms with Crippen LogP contribution < -0.4 is 5.73 Å². The number of nitrogens with zero attached hydrogens (tertiary/aromatic N) is 2. The van der Waals surface area contributed by atoms with Crippen molar-refractivity contribution >= 4 is 11.6 Å². The van der Waals surface area contributed by atoms with Crippen molar-refractivity contribution in [1.29, 1.82) is 0 Å². The second kappa shape index (κ2) is 6.23. The Morgan fingerprint density at radius 2 is 2.25 bits per heavy atom. The molecular weight excluding hydrogens is 226 g/mol. The Hall–Kier alpha value is -0.580. The first-order valence-electron chi connectivity index (χ1n) is 5.54. The van der Waals surface area contributed by atoms with E-state index in [1.807, 2.05) is 18.7 Å². The zero-order valence-corrected chi connectivity index (χ0v) is 10.9. The Morgan fingerprint density at radius 1 is 1.56 bits per heavy atom. The molecule has 0 amide bonds. The van der Waals surface area contributed by atoms with E-state index in [2.05, 4.69) is 5.10 Å². The van der Waals surface area contributed by atoms with Gasteiger partial charge in [0, 0.05) is 33.2 Å². The van der Waals surface area contributed by atoms with E-state index in [0.717, 1.165) is 35.7 Å². The first kappa shape index (κ1) is 13.5. The summed E-state index contributed by atoms with van der Waals surface area (Å²) in [5.41, 5.74) is 7.96. The Morgan fingerprint density at radius 3 is 2.75 bits per heavy atom. The Bertz CT molecular complexity index is 338. The molecule has 1 heterocycles. The predicted molar refractivity (Wildman–Crippen MR) is 65.8 cm³/mol. The molecule has 1 aromatic rings. The third-order valence-electron chi connectivity index (χ3n) is 2.65. The van der Waals surface area contributed by atoms with Crippen LogP contribution in [0.15, 0.2) is 0 Å². The van der Waals surface area contributed by atoms with Crippen LogP contribution in [0.25, 0.3) is 0 Å². The molecular formula is C11H20ClN3O. The smallest absolute Gasteiger partial charge is 0.0850 e. The summed E-state index contributed by atoms with van der Waals surface area (Å²) >= 11 is 6.24. The van der Waals surface area contributed by atoms with Gasteiger partial charge in [-0.05, 0) is 12.8 Å². The molecule has 0 saturated heterocycles. The van der Waals surface area contributed by atoms with E-state index in [-0.39, 0.29) is 6.04 Å². The fourth-order valence-electron chi connectivity index (χ4n) is 1.66. The van der Waals surface area contributed by atoms with Gasteiger partial charge in [0.1, 0.15) is 0 Å². The summed E-state index contributed by atoms with van der Waals surface area (Å²) < 4.78 is 6.83. The highest BCUT2D eigenvalue weighted by Gasteiger charge is 2.15. The zero-order valence-electron chi connectivity index (χ0n) is 10.2. The van der Waals surface area contributed by atoms with Crippen LogP contribution in [0.3, 0.4) is 0 Å². The van der Waals surface area contributed by atoms with E-state index < -0.39 is 0 Å². The van der Waals surface area contributed by atoms with E-state index in [9.17, 15) is 0 Å². The van der Waals surface area contributed by atoms with Crippen LogP contribution in [-0.4, -0.2) is 29.5 Å². The summed E-state index contributed by atoms with van der Waals surface area (Å²) in [6, 6.07) is 0.0672. The van der Waals surface area contributed by atoms with Crippen LogP contribution in [0.2, 0.25) is 5.02 Å². The number of hydrogen-bond acceptors (Lipinski definition) is 3. The molecule has 0 fully saturated rings. The van der Waals surface area contributed by atoms with Gasteiger partial charge in [0.15, 0.2) is 0 Å². The number of ether oxygens (including phenoxy) is 1. The quantitative estimate of drug-likeness (QED) is 0.827. The third-order valence-corrected chi connectivity index (χ3v) is 3.09. The van der Waals surface area contributed by atoms with Crippen LogP contribution >= 0.6 is 11.6 Å². The second-order valence-electron chi connectivity index (χ2n) is 3.93. The number of methoxy groups -OCH3 is 1. The van der Waals surface area contributed by atoms with Crippen molar-refractivity contribution in [2.75, 3.05) is 13.7 Å². The summed E-state index contributed by atoms with van der Waals surface area (Å²) in [7, 11) is 3.59. The summed E-state index contributed by atoms with van der Waals surface area (Å²) in [6.07, 6.45) is 2.42. The number of nitrogens with two attached hydrogens (primary N) is 1. The first-order chi connectivity index (χ1) is 7.60. The molecule has 5 heteroatoms. The van der Waals surface area contributed by atoms with E-state index in [0.29, 0.717) is 6.61 Å². The molecule has 1 rings (SSSR count). The SMILES string of the molecule is CCc1nn(C)c(CC(N)CCOC)c1Cl. The average Bonchev–Trinajstić information content (AvgIpc) is 2.53. The first-order valence-corrected chi connectivity index (χ1v) is 5.92. The number of aromatic nitrogens is 2. The van der Waals surface area contributed by atoms with Gasteiger partial charge in [0.2, 0.25) is 0 Å². The third kappa shape index (κ3) is 3.20. The van der Waals surface area contributed by atoms with Gasteiger partial charge < -0.3 is 10.5 Å². The monoisotopic (exact) mass is 245 g/mol. The highest BCUT2D eigenvalue weighted by atomic mass is 35.5. The van der Waals surface area contributed by atoms with Gasteiger partial charge in [-0.2, -0.15) is 5.10 Å². The second-order valence-corrected chi connectivity index (χ2v) is 4.31. The summed E-state index contributed by atoms with van der Waals surface area (Å²) in [4.78, 5) is 0. The van der Waals surface area contributed by atoms with Crippen LogP contribution in [-0.2, 0) is 24.6 Å². The van der Waals surface area contributed by atoms with Gasteiger partial charge in [-0.15, -0.1) is 0 Å². The Kier molecular flexibility index (Phi) is 5.25. The van der Waals surface area contributed by atoms with Crippen molar-refractivity contribution in [3.05, 3.63) is 16.4 Å². The van der Waals surface area contributed by atoms with Gasteiger partial charge in [-0.3, -0.25) is 4.68 Å². The van der Waals surface area contributed by atoms with Crippen molar-refractivity contribution < 1.29 is 4.74 Å². The van der Waals surface area contributed by atoms with Gasteiger partial charge in [-0.1, -0.05) is 18.5 Å². The molecule has 0 aromatic carbocycles. The number of rotatable bonds is 6. The lowest BCUT2D eigenvalue weighted by Gasteiger charge is -2.11. The molecule has 0 aliphatic heterocycles. The minimum absolute atomic E-state index is 0.0672. The van der Waals surface area contributed by atoms with Crippen LogP contribution in [0.5, 0.6) is 0 Å². The van der Waals surface area contributed by atoms with Gasteiger partial charge in [0.05, 0.1) is 16.4 Å². The molecule has 0 aliphatic rings. The van der Waals surface area contributed by atoms with Gasteiger partial charge in [-0.25, -0.2) is 0 Å². The Labute approximate surface area is 102 Å². The van der Waals surface area contributed by atoms with Crippen molar-refractivity contribution in [3.63, 3.8) is 0 Å². The maximum Gasteiger partial charge on any atom is 0.0850 e. The van der Waals surface area contributed by atoms with E-state index in [1.54, 1.807) is 7.11 Å².